The SMILES string of the molecule is CN(C)C[C@@H]1[C@H](c2ccc(Br)cc2)[C@@H]2CN(C(=O)Nc3ccc(OC4CC4)cc3)C[C@H]3OC(C)(C)O[C@H]3CN12. The van der Waals surface area contributed by atoms with Crippen LogP contribution in [0.4, 0.5) is 10.5 Å². The molecule has 210 valence electrons. The van der Waals surface area contributed by atoms with Gasteiger partial charge in [0.15, 0.2) is 5.79 Å². The van der Waals surface area contributed by atoms with Crippen molar-refractivity contribution in [1.82, 2.24) is 14.7 Å². The van der Waals surface area contributed by atoms with E-state index in [4.69, 9.17) is 14.2 Å². The number of urea groups is 1. The fourth-order valence-corrected chi connectivity index (χ4v) is 6.60. The lowest BCUT2D eigenvalue weighted by molar-refractivity contribution is -0.150. The first kappa shape index (κ1) is 27.0. The van der Waals surface area contributed by atoms with Crippen LogP contribution >= 0.6 is 15.9 Å². The molecule has 3 heterocycles. The summed E-state index contributed by atoms with van der Waals surface area (Å²) in [6, 6.07) is 16.7. The van der Waals surface area contributed by atoms with Gasteiger partial charge in [0.2, 0.25) is 0 Å². The van der Waals surface area contributed by atoms with E-state index in [-0.39, 0.29) is 24.3 Å². The van der Waals surface area contributed by atoms with Gasteiger partial charge >= 0.3 is 6.03 Å². The number of benzene rings is 2. The number of halogens is 1. The maximum absolute atomic E-state index is 13.7. The van der Waals surface area contributed by atoms with Gasteiger partial charge in [0.05, 0.1) is 12.6 Å². The second-order valence-corrected chi connectivity index (χ2v) is 13.0. The normalized spacial score (nSPS) is 30.1. The number of ether oxygens (including phenoxy) is 3. The van der Waals surface area contributed by atoms with Gasteiger partial charge in [-0.2, -0.15) is 0 Å². The zero-order valence-electron chi connectivity index (χ0n) is 23.2. The highest BCUT2D eigenvalue weighted by atomic mass is 79.9. The lowest BCUT2D eigenvalue weighted by Gasteiger charge is -2.59. The van der Waals surface area contributed by atoms with E-state index in [0.717, 1.165) is 41.8 Å². The van der Waals surface area contributed by atoms with Gasteiger partial charge in [0.1, 0.15) is 18.0 Å². The maximum atomic E-state index is 13.7. The van der Waals surface area contributed by atoms with E-state index in [1.54, 1.807) is 0 Å². The van der Waals surface area contributed by atoms with Gasteiger partial charge in [-0.05, 0) is 82.7 Å². The highest BCUT2D eigenvalue weighted by molar-refractivity contribution is 9.10. The Bertz CT molecular complexity index is 1170. The molecule has 1 saturated carbocycles. The van der Waals surface area contributed by atoms with Crippen LogP contribution < -0.4 is 10.1 Å². The molecule has 1 aliphatic carbocycles. The van der Waals surface area contributed by atoms with E-state index in [2.05, 4.69) is 69.4 Å². The lowest BCUT2D eigenvalue weighted by atomic mass is 9.73. The fourth-order valence-electron chi connectivity index (χ4n) is 6.33. The minimum atomic E-state index is -0.679. The zero-order valence-corrected chi connectivity index (χ0v) is 24.8. The molecular weight excluding hydrogens is 560 g/mol. The molecule has 0 aromatic heterocycles. The summed E-state index contributed by atoms with van der Waals surface area (Å²) in [4.78, 5) is 20.4. The van der Waals surface area contributed by atoms with Crippen LogP contribution in [0, 0.1) is 0 Å². The largest absolute Gasteiger partial charge is 0.490 e. The highest BCUT2D eigenvalue weighted by Gasteiger charge is 2.54. The standard InChI is InChI=1S/C30H39BrN4O4/c1-30(2)38-26-17-34(29(36)32-21-9-11-22(12-10-21)37-23-13-14-23)16-25-28(19-5-7-20(31)8-6-19)24(15-33(3)4)35(25)18-27(26)39-30/h5-12,23-28H,13-18H2,1-4H3,(H,32,36)/t24-,25+,26-,27+,28+/m1/s1. The smallest absolute Gasteiger partial charge is 0.321 e. The summed E-state index contributed by atoms with van der Waals surface area (Å²) in [6.07, 6.45) is 2.29. The first-order valence-electron chi connectivity index (χ1n) is 14.0. The zero-order chi connectivity index (χ0) is 27.3. The molecule has 4 fully saturated rings. The molecule has 1 N–H and O–H groups in total. The molecule has 0 spiro atoms. The highest BCUT2D eigenvalue weighted by Crippen LogP contribution is 2.44. The third kappa shape index (κ3) is 5.98. The van der Waals surface area contributed by atoms with Crippen LogP contribution in [0.3, 0.4) is 0 Å². The Morgan fingerprint density at radius 2 is 1.69 bits per heavy atom. The van der Waals surface area contributed by atoms with Gasteiger partial charge < -0.3 is 29.3 Å². The average Bonchev–Trinajstić information content (AvgIpc) is 3.64. The van der Waals surface area contributed by atoms with E-state index in [1.165, 1.54) is 5.56 Å². The molecule has 0 radical (unpaired) electrons. The second-order valence-electron chi connectivity index (χ2n) is 12.1. The van der Waals surface area contributed by atoms with Crippen LogP contribution in [0.25, 0.3) is 0 Å². The molecule has 2 aromatic carbocycles. The Hall–Kier alpha value is -2.17. The number of nitrogens with zero attached hydrogens (tertiary/aromatic N) is 3. The third-order valence-electron chi connectivity index (χ3n) is 8.19. The maximum Gasteiger partial charge on any atom is 0.321 e. The quantitative estimate of drug-likeness (QED) is 0.517. The summed E-state index contributed by atoms with van der Waals surface area (Å²) in [7, 11) is 4.25. The summed E-state index contributed by atoms with van der Waals surface area (Å²) in [6.45, 7) is 6.75. The van der Waals surface area contributed by atoms with E-state index in [1.807, 2.05) is 43.0 Å². The number of carbonyl (C=O) groups excluding carboxylic acids is 1. The van der Waals surface area contributed by atoms with Crippen LogP contribution in [0.5, 0.6) is 5.75 Å². The van der Waals surface area contributed by atoms with Gasteiger partial charge in [-0.1, -0.05) is 28.1 Å². The summed E-state index contributed by atoms with van der Waals surface area (Å²) < 4.78 is 19.6. The van der Waals surface area contributed by atoms with Crippen molar-refractivity contribution in [3.63, 3.8) is 0 Å². The van der Waals surface area contributed by atoms with Crippen LogP contribution in [0.1, 0.15) is 38.2 Å². The molecule has 2 aromatic rings. The second kappa shape index (κ2) is 10.7. The van der Waals surface area contributed by atoms with Gasteiger partial charge in [0.25, 0.3) is 0 Å². The number of hydrogen-bond acceptors (Lipinski definition) is 6. The van der Waals surface area contributed by atoms with E-state index >= 15 is 0 Å². The molecule has 3 saturated heterocycles. The van der Waals surface area contributed by atoms with E-state index in [9.17, 15) is 4.79 Å². The van der Waals surface area contributed by atoms with Crippen molar-refractivity contribution in [2.75, 3.05) is 45.6 Å². The van der Waals surface area contributed by atoms with Crippen molar-refractivity contribution in [3.05, 3.63) is 58.6 Å². The van der Waals surface area contributed by atoms with Crippen molar-refractivity contribution in [2.24, 2.45) is 0 Å². The Morgan fingerprint density at radius 1 is 1.03 bits per heavy atom. The molecule has 0 unspecified atom stereocenters. The number of rotatable bonds is 6. The third-order valence-corrected chi connectivity index (χ3v) is 8.72. The lowest BCUT2D eigenvalue weighted by Crippen LogP contribution is -2.71. The van der Waals surface area contributed by atoms with Crippen LogP contribution in [0.15, 0.2) is 53.0 Å². The number of fused-ring (bicyclic) bond motifs is 2. The number of likely N-dealkylation sites (N-methyl/N-ethyl adjacent to an activating group) is 1. The van der Waals surface area contributed by atoms with Crippen molar-refractivity contribution in [1.29, 1.82) is 0 Å². The summed E-state index contributed by atoms with van der Waals surface area (Å²) in [5, 5.41) is 3.12. The Morgan fingerprint density at radius 3 is 2.33 bits per heavy atom. The van der Waals surface area contributed by atoms with Crippen molar-refractivity contribution < 1.29 is 19.0 Å². The summed E-state index contributed by atoms with van der Waals surface area (Å²) in [5.41, 5.74) is 2.06. The predicted octanol–water partition coefficient (Wildman–Crippen LogP) is 4.76. The molecule has 0 bridgehead atoms. The van der Waals surface area contributed by atoms with Gasteiger partial charge in [-0.25, -0.2) is 4.79 Å². The topological polar surface area (TPSA) is 66.5 Å². The van der Waals surface area contributed by atoms with Crippen molar-refractivity contribution in [3.8, 4) is 5.75 Å². The molecule has 3 aliphatic heterocycles. The van der Waals surface area contributed by atoms with E-state index < -0.39 is 5.79 Å². The van der Waals surface area contributed by atoms with Crippen molar-refractivity contribution in [2.45, 2.75) is 68.8 Å². The molecule has 4 aliphatic rings. The molecule has 5 atom stereocenters. The fraction of sp³-hybridized carbons (Fsp3) is 0.567. The van der Waals surface area contributed by atoms with Gasteiger partial charge in [-0.3, -0.25) is 4.90 Å². The number of nitrogens with one attached hydrogen (secondary N) is 1. The monoisotopic (exact) mass is 598 g/mol. The number of carbonyl (C=O) groups is 1. The van der Waals surface area contributed by atoms with Crippen LogP contribution in [-0.2, 0) is 9.47 Å². The van der Waals surface area contributed by atoms with Gasteiger partial charge in [0, 0.05) is 47.8 Å². The van der Waals surface area contributed by atoms with Crippen LogP contribution in [0.2, 0.25) is 0 Å². The molecule has 9 heteroatoms. The summed E-state index contributed by atoms with van der Waals surface area (Å²) in [5.74, 6) is 0.473. The summed E-state index contributed by atoms with van der Waals surface area (Å²) >= 11 is 3.58. The number of hydrogen-bond donors (Lipinski definition) is 1. The Kier molecular flexibility index (Phi) is 7.39. The minimum Gasteiger partial charge on any atom is -0.490 e. The predicted molar refractivity (Wildman–Crippen MR) is 154 cm³/mol. The molecular formula is C30H39BrN4O4. The van der Waals surface area contributed by atoms with E-state index in [0.29, 0.717) is 31.2 Å². The first-order valence-corrected chi connectivity index (χ1v) is 14.8. The molecule has 8 nitrogen and oxygen atoms in total. The Labute approximate surface area is 239 Å². The average molecular weight is 600 g/mol. The molecule has 39 heavy (non-hydrogen) atoms. The van der Waals surface area contributed by atoms with Crippen molar-refractivity contribution >= 4 is 27.6 Å². The van der Waals surface area contributed by atoms with Gasteiger partial charge in [-0.15, -0.1) is 0 Å². The Balaban J connectivity index is 1.25. The first-order chi connectivity index (χ1) is 18.6. The van der Waals surface area contributed by atoms with Crippen LogP contribution in [-0.4, -0.2) is 97.2 Å². The minimum absolute atomic E-state index is 0.104. The molecule has 6 rings (SSSR count). The number of anilines is 1. The molecule has 2 amide bonds. The number of amides is 2.